The Kier molecular flexibility index (Phi) is 5.62. The molecule has 4 rings (SSSR count). The molecule has 1 aromatic carbocycles. The Morgan fingerprint density at radius 2 is 2.17 bits per heavy atom. The number of anilines is 1. The SMILES string of the molecule is CC(=O)c1c[nH]c(C=C2C(=O)Nc3ccc(F)c(C#CC4(O)CCNC4)c32)c1.Cl. The van der Waals surface area contributed by atoms with E-state index < -0.39 is 11.4 Å². The molecule has 4 N–H and O–H groups in total. The van der Waals surface area contributed by atoms with Crippen molar-refractivity contribution >= 4 is 41.4 Å². The third kappa shape index (κ3) is 3.96. The highest BCUT2D eigenvalue weighted by Crippen LogP contribution is 2.36. The third-order valence-corrected chi connectivity index (χ3v) is 4.88. The van der Waals surface area contributed by atoms with Gasteiger partial charge >= 0.3 is 0 Å². The van der Waals surface area contributed by atoms with Crippen LogP contribution in [0, 0.1) is 17.7 Å². The summed E-state index contributed by atoms with van der Waals surface area (Å²) < 4.78 is 14.6. The van der Waals surface area contributed by atoms with Crippen LogP contribution in [0.15, 0.2) is 24.4 Å². The van der Waals surface area contributed by atoms with Crippen molar-refractivity contribution in [3.05, 3.63) is 52.6 Å². The standard InChI is InChI=1S/C21H18FN3O3.ClH/c1-12(26)13-8-14(24-10-13)9-16-19-15(4-5-21(28)6-7-23-11-21)17(22)2-3-18(19)25-20(16)27;/h2-3,8-10,23-24,28H,6-7,11H2,1H3,(H,25,27);1H. The number of Topliss-reactive ketones (excluding diaryl/α,β-unsaturated/α-hetero) is 1. The van der Waals surface area contributed by atoms with Gasteiger partial charge in [0.1, 0.15) is 11.4 Å². The molecule has 2 aliphatic heterocycles. The van der Waals surface area contributed by atoms with Gasteiger partial charge in [-0.1, -0.05) is 11.8 Å². The Labute approximate surface area is 173 Å². The van der Waals surface area contributed by atoms with Gasteiger partial charge in [0.2, 0.25) is 0 Å². The van der Waals surface area contributed by atoms with E-state index in [1.54, 1.807) is 18.3 Å². The number of aromatic amines is 1. The zero-order chi connectivity index (χ0) is 19.9. The van der Waals surface area contributed by atoms with Crippen molar-refractivity contribution in [3.63, 3.8) is 0 Å². The lowest BCUT2D eigenvalue weighted by Crippen LogP contribution is -2.29. The Morgan fingerprint density at radius 3 is 2.83 bits per heavy atom. The van der Waals surface area contributed by atoms with Crippen LogP contribution in [-0.4, -0.2) is 40.5 Å². The lowest BCUT2D eigenvalue weighted by molar-refractivity contribution is -0.110. The summed E-state index contributed by atoms with van der Waals surface area (Å²) in [5.74, 6) is 4.43. The van der Waals surface area contributed by atoms with Crippen molar-refractivity contribution in [2.24, 2.45) is 0 Å². The number of carbonyl (C=O) groups is 2. The Bertz CT molecular complexity index is 1090. The molecule has 1 amide bonds. The van der Waals surface area contributed by atoms with E-state index in [-0.39, 0.29) is 35.2 Å². The number of H-pyrrole nitrogens is 1. The number of ketones is 1. The molecule has 2 aliphatic rings. The maximum absolute atomic E-state index is 14.6. The quantitative estimate of drug-likeness (QED) is 0.344. The molecular weight excluding hydrogens is 397 g/mol. The van der Waals surface area contributed by atoms with Gasteiger partial charge in [-0.15, -0.1) is 12.4 Å². The summed E-state index contributed by atoms with van der Waals surface area (Å²) in [6.07, 6.45) is 3.56. The maximum atomic E-state index is 14.6. The van der Waals surface area contributed by atoms with Gasteiger partial charge in [-0.25, -0.2) is 4.39 Å². The van der Waals surface area contributed by atoms with Crippen molar-refractivity contribution in [1.29, 1.82) is 0 Å². The number of amides is 1. The van der Waals surface area contributed by atoms with Gasteiger partial charge in [0.05, 0.1) is 16.8 Å². The normalized spacial score (nSPS) is 21.2. The second kappa shape index (κ2) is 7.84. The topological polar surface area (TPSA) is 94.2 Å². The zero-order valence-corrected chi connectivity index (χ0v) is 16.4. The van der Waals surface area contributed by atoms with Crippen molar-refractivity contribution in [3.8, 4) is 11.8 Å². The summed E-state index contributed by atoms with van der Waals surface area (Å²) in [6.45, 7) is 2.40. The Hall–Kier alpha value is -2.92. The van der Waals surface area contributed by atoms with Crippen molar-refractivity contribution < 1.29 is 19.1 Å². The molecule has 0 radical (unpaired) electrons. The molecule has 1 atom stereocenters. The molecule has 0 aliphatic carbocycles. The number of carbonyl (C=O) groups excluding carboxylic acids is 2. The monoisotopic (exact) mass is 415 g/mol. The first-order chi connectivity index (χ1) is 13.4. The number of halogens is 2. The predicted octanol–water partition coefficient (Wildman–Crippen LogP) is 2.35. The molecule has 3 heterocycles. The van der Waals surface area contributed by atoms with E-state index in [0.717, 1.165) is 0 Å². The van der Waals surface area contributed by atoms with Crippen LogP contribution < -0.4 is 10.6 Å². The van der Waals surface area contributed by atoms with Crippen LogP contribution in [0.25, 0.3) is 11.6 Å². The zero-order valence-electron chi connectivity index (χ0n) is 15.6. The predicted molar refractivity (Wildman–Crippen MR) is 110 cm³/mol. The van der Waals surface area contributed by atoms with Crippen LogP contribution >= 0.6 is 12.4 Å². The fourth-order valence-corrected chi connectivity index (χ4v) is 3.34. The second-order valence-corrected chi connectivity index (χ2v) is 6.97. The molecule has 0 saturated carbocycles. The lowest BCUT2D eigenvalue weighted by atomic mass is 9.97. The minimum Gasteiger partial charge on any atom is -0.376 e. The minimum atomic E-state index is -1.22. The van der Waals surface area contributed by atoms with Gasteiger partial charge in [-0.3, -0.25) is 9.59 Å². The van der Waals surface area contributed by atoms with Gasteiger partial charge < -0.3 is 20.7 Å². The van der Waals surface area contributed by atoms with Crippen LogP contribution in [-0.2, 0) is 4.79 Å². The number of hydrogen-bond acceptors (Lipinski definition) is 4. The number of rotatable bonds is 2. The molecule has 150 valence electrons. The summed E-state index contributed by atoms with van der Waals surface area (Å²) in [4.78, 5) is 26.9. The van der Waals surface area contributed by atoms with E-state index >= 15 is 0 Å². The van der Waals surface area contributed by atoms with Gasteiger partial charge in [0.25, 0.3) is 5.91 Å². The van der Waals surface area contributed by atoms with Crippen LogP contribution in [0.5, 0.6) is 0 Å². The summed E-state index contributed by atoms with van der Waals surface area (Å²) in [7, 11) is 0. The first kappa shape index (κ1) is 20.8. The summed E-state index contributed by atoms with van der Waals surface area (Å²) >= 11 is 0. The van der Waals surface area contributed by atoms with E-state index in [1.807, 2.05) is 0 Å². The van der Waals surface area contributed by atoms with Gasteiger partial charge in [-0.05, 0) is 37.7 Å². The van der Waals surface area contributed by atoms with Crippen LogP contribution in [0.1, 0.15) is 40.5 Å². The fourth-order valence-electron chi connectivity index (χ4n) is 3.34. The molecule has 29 heavy (non-hydrogen) atoms. The van der Waals surface area contributed by atoms with E-state index in [1.165, 1.54) is 19.1 Å². The summed E-state index contributed by atoms with van der Waals surface area (Å²) in [5, 5.41) is 16.1. The minimum absolute atomic E-state index is 0. The highest BCUT2D eigenvalue weighted by atomic mass is 35.5. The average Bonchev–Trinajstić information content (AvgIpc) is 3.36. The largest absolute Gasteiger partial charge is 0.376 e. The highest BCUT2D eigenvalue weighted by Gasteiger charge is 2.31. The molecule has 1 unspecified atom stereocenters. The molecule has 2 aromatic rings. The number of aliphatic hydroxyl groups is 1. The van der Waals surface area contributed by atoms with Crippen LogP contribution in [0.2, 0.25) is 0 Å². The number of aromatic nitrogens is 1. The molecule has 8 heteroatoms. The van der Waals surface area contributed by atoms with Crippen LogP contribution in [0.3, 0.4) is 0 Å². The molecule has 1 saturated heterocycles. The van der Waals surface area contributed by atoms with Crippen molar-refractivity contribution in [1.82, 2.24) is 10.3 Å². The van der Waals surface area contributed by atoms with Crippen molar-refractivity contribution in [2.45, 2.75) is 18.9 Å². The summed E-state index contributed by atoms with van der Waals surface area (Å²) in [6, 6.07) is 4.35. The first-order valence-corrected chi connectivity index (χ1v) is 8.88. The van der Waals surface area contributed by atoms with E-state index in [0.29, 0.717) is 42.0 Å². The average molecular weight is 416 g/mol. The molecule has 0 bridgehead atoms. The van der Waals surface area contributed by atoms with Gasteiger partial charge in [0, 0.05) is 36.0 Å². The molecule has 0 spiro atoms. The number of nitrogens with one attached hydrogen (secondary N) is 3. The molecule has 1 fully saturated rings. The fraction of sp³-hybridized carbons (Fsp3) is 0.238. The van der Waals surface area contributed by atoms with E-state index in [4.69, 9.17) is 0 Å². The van der Waals surface area contributed by atoms with Gasteiger partial charge in [0.15, 0.2) is 5.78 Å². The molecule has 6 nitrogen and oxygen atoms in total. The first-order valence-electron chi connectivity index (χ1n) is 8.88. The van der Waals surface area contributed by atoms with E-state index in [2.05, 4.69) is 27.5 Å². The number of β-amino-alcohol motifs (C(OH)–C–C–N with tert-alkyl or cyclic N) is 1. The summed E-state index contributed by atoms with van der Waals surface area (Å²) in [5.41, 5.74) is 0.923. The Balaban J connectivity index is 0.00000240. The second-order valence-electron chi connectivity index (χ2n) is 6.97. The third-order valence-electron chi connectivity index (χ3n) is 4.88. The van der Waals surface area contributed by atoms with E-state index in [9.17, 15) is 19.1 Å². The molecular formula is C21H19ClFN3O3. The van der Waals surface area contributed by atoms with Gasteiger partial charge in [-0.2, -0.15) is 0 Å². The van der Waals surface area contributed by atoms with Crippen molar-refractivity contribution in [2.75, 3.05) is 18.4 Å². The Morgan fingerprint density at radius 1 is 1.38 bits per heavy atom. The van der Waals surface area contributed by atoms with Crippen LogP contribution in [0.4, 0.5) is 10.1 Å². The lowest BCUT2D eigenvalue weighted by Gasteiger charge is -2.12. The highest BCUT2D eigenvalue weighted by molar-refractivity contribution is 6.35. The number of benzene rings is 1. The maximum Gasteiger partial charge on any atom is 0.256 e. The number of hydrogen-bond donors (Lipinski definition) is 4. The smallest absolute Gasteiger partial charge is 0.256 e. The number of fused-ring (bicyclic) bond motifs is 1. The molecule has 1 aromatic heterocycles.